The van der Waals surface area contributed by atoms with E-state index in [4.69, 9.17) is 16.7 Å². The van der Waals surface area contributed by atoms with Crippen LogP contribution in [0.4, 0.5) is 0 Å². The van der Waals surface area contributed by atoms with Crippen molar-refractivity contribution in [2.24, 2.45) is 0 Å². The van der Waals surface area contributed by atoms with Gasteiger partial charge < -0.3 is 10.2 Å². The number of carbonyl (C=O) groups is 1. The summed E-state index contributed by atoms with van der Waals surface area (Å²) >= 11 is 6.44. The van der Waals surface area contributed by atoms with Gasteiger partial charge in [-0.15, -0.1) is 0 Å². The van der Waals surface area contributed by atoms with Crippen LogP contribution in [-0.4, -0.2) is 16.2 Å². The van der Waals surface area contributed by atoms with E-state index in [0.29, 0.717) is 10.8 Å². The van der Waals surface area contributed by atoms with E-state index >= 15 is 0 Å². The summed E-state index contributed by atoms with van der Waals surface area (Å²) in [6.45, 7) is 6.45. The van der Waals surface area contributed by atoms with Crippen LogP contribution < -0.4 is 0 Å². The van der Waals surface area contributed by atoms with Gasteiger partial charge in [0.25, 0.3) is 0 Å². The van der Waals surface area contributed by atoms with Gasteiger partial charge in [-0.1, -0.05) is 50.6 Å². The number of benzene rings is 2. The Morgan fingerprint density at radius 1 is 1.08 bits per heavy atom. The predicted octanol–water partition coefficient (Wildman–Crippen LogP) is 6.28. The van der Waals surface area contributed by atoms with E-state index in [1.165, 1.54) is 6.08 Å². The molecule has 0 aliphatic heterocycles. The Kier molecular flexibility index (Phi) is 6.49. The highest BCUT2D eigenvalue weighted by Gasteiger charge is 2.29. The summed E-state index contributed by atoms with van der Waals surface area (Å²) in [5.41, 5.74) is 3.42. The topological polar surface area (TPSA) is 57.5 Å². The number of carboxylic acid groups (broad SMARTS) is 1. The molecule has 0 heterocycles. The number of rotatable bonds is 7. The molecule has 2 aromatic carbocycles. The molecule has 2 rings (SSSR count). The van der Waals surface area contributed by atoms with Crippen LogP contribution in [-0.2, 0) is 10.2 Å². The zero-order chi connectivity index (χ0) is 19.3. The number of hydrogen-bond acceptors (Lipinski definition) is 2. The van der Waals surface area contributed by atoms with Gasteiger partial charge in [0.05, 0.1) is 0 Å². The molecule has 0 bridgehead atoms. The molecule has 0 aliphatic rings. The molecule has 3 nitrogen and oxygen atoms in total. The first kappa shape index (κ1) is 20.1. The maximum Gasteiger partial charge on any atom is 0.328 e. The number of carboxylic acids is 1. The first-order chi connectivity index (χ1) is 12.4. The quantitative estimate of drug-likeness (QED) is 0.562. The highest BCUT2D eigenvalue weighted by molar-refractivity contribution is 6.33. The molecular formula is C22H25ClO3. The summed E-state index contributed by atoms with van der Waals surface area (Å²) in [5, 5.41) is 19.7. The summed E-state index contributed by atoms with van der Waals surface area (Å²) in [5.74, 6) is -0.681. The first-order valence-electron chi connectivity index (χ1n) is 8.91. The molecule has 0 saturated heterocycles. The number of phenolic OH excluding ortho intramolecular Hbond substituents is 1. The lowest BCUT2D eigenvalue weighted by molar-refractivity contribution is -0.131. The minimum atomic E-state index is -0.997. The van der Waals surface area contributed by atoms with Crippen LogP contribution in [0.5, 0.6) is 5.75 Å². The zero-order valence-electron chi connectivity index (χ0n) is 15.4. The van der Waals surface area contributed by atoms with Crippen molar-refractivity contribution in [2.45, 2.75) is 45.4 Å². The summed E-state index contributed by atoms with van der Waals surface area (Å²) in [6, 6.07) is 11.1. The van der Waals surface area contributed by atoms with Crippen LogP contribution in [0.1, 0.15) is 51.2 Å². The van der Waals surface area contributed by atoms with Gasteiger partial charge in [-0.25, -0.2) is 4.79 Å². The third-order valence-electron chi connectivity index (χ3n) is 5.32. The molecule has 0 fully saturated rings. The summed E-state index contributed by atoms with van der Waals surface area (Å²) in [6.07, 6.45) is 5.44. The fraction of sp³-hybridized carbons (Fsp3) is 0.318. The summed E-state index contributed by atoms with van der Waals surface area (Å²) in [4.78, 5) is 10.7. The Morgan fingerprint density at radius 3 is 2.27 bits per heavy atom. The SMILES string of the molecule is CCC(CC)(CC)c1cc(-c2ccc(/C=C/C(=O)O)cc2Cl)ccc1O. The Hall–Kier alpha value is -2.26. The van der Waals surface area contributed by atoms with Gasteiger partial charge in [0.1, 0.15) is 5.75 Å². The maximum absolute atomic E-state index is 10.7. The highest BCUT2D eigenvalue weighted by atomic mass is 35.5. The molecule has 4 heteroatoms. The summed E-state index contributed by atoms with van der Waals surface area (Å²) in [7, 11) is 0. The second kappa shape index (κ2) is 8.41. The smallest absolute Gasteiger partial charge is 0.328 e. The van der Waals surface area contributed by atoms with Crippen LogP contribution in [0.15, 0.2) is 42.5 Å². The minimum Gasteiger partial charge on any atom is -0.508 e. The second-order valence-corrected chi connectivity index (χ2v) is 6.89. The molecule has 0 amide bonds. The van der Waals surface area contributed by atoms with Gasteiger partial charge in [0.2, 0.25) is 0 Å². The van der Waals surface area contributed by atoms with E-state index in [1.807, 2.05) is 24.3 Å². The standard InChI is InChI=1S/C22H25ClO3/c1-4-22(5-2,6-3)18-14-16(9-11-20(18)24)17-10-7-15(13-19(17)23)8-12-21(25)26/h7-14,24H,4-6H2,1-3H3,(H,25,26)/b12-8+. The number of aromatic hydroxyl groups is 1. The molecular weight excluding hydrogens is 348 g/mol. The monoisotopic (exact) mass is 372 g/mol. The number of phenols is 1. The van der Waals surface area contributed by atoms with Crippen molar-refractivity contribution in [3.05, 3.63) is 58.6 Å². The lowest BCUT2D eigenvalue weighted by Gasteiger charge is -2.32. The van der Waals surface area contributed by atoms with Gasteiger partial charge in [-0.2, -0.15) is 0 Å². The lowest BCUT2D eigenvalue weighted by Crippen LogP contribution is -2.23. The van der Waals surface area contributed by atoms with Crippen LogP contribution in [0, 0.1) is 0 Å². The normalized spacial score (nSPS) is 11.8. The van der Waals surface area contributed by atoms with Crippen molar-refractivity contribution in [3.63, 3.8) is 0 Å². The van der Waals surface area contributed by atoms with Crippen LogP contribution in [0.2, 0.25) is 5.02 Å². The van der Waals surface area contributed by atoms with Crippen LogP contribution in [0.3, 0.4) is 0 Å². The second-order valence-electron chi connectivity index (χ2n) is 6.48. The van der Waals surface area contributed by atoms with Crippen molar-refractivity contribution in [3.8, 4) is 16.9 Å². The Balaban J connectivity index is 2.50. The molecule has 0 spiro atoms. The molecule has 0 atom stereocenters. The zero-order valence-corrected chi connectivity index (χ0v) is 16.2. The lowest BCUT2D eigenvalue weighted by atomic mass is 9.73. The van der Waals surface area contributed by atoms with Crippen molar-refractivity contribution in [2.75, 3.05) is 0 Å². The number of halogens is 1. The van der Waals surface area contributed by atoms with Gasteiger partial charge in [0, 0.05) is 22.2 Å². The molecule has 0 radical (unpaired) electrons. The fourth-order valence-corrected chi connectivity index (χ4v) is 3.78. The highest BCUT2D eigenvalue weighted by Crippen LogP contribution is 2.42. The van der Waals surface area contributed by atoms with Crippen molar-refractivity contribution >= 4 is 23.6 Å². The average Bonchev–Trinajstić information content (AvgIpc) is 2.63. The van der Waals surface area contributed by atoms with E-state index in [2.05, 4.69) is 20.8 Å². The van der Waals surface area contributed by atoms with Crippen LogP contribution in [0.25, 0.3) is 17.2 Å². The molecule has 138 valence electrons. The van der Waals surface area contributed by atoms with Gasteiger partial charge in [-0.05, 0) is 60.1 Å². The van der Waals surface area contributed by atoms with Crippen molar-refractivity contribution < 1.29 is 15.0 Å². The molecule has 2 N–H and O–H groups in total. The van der Waals surface area contributed by atoms with E-state index in [1.54, 1.807) is 12.1 Å². The first-order valence-corrected chi connectivity index (χ1v) is 9.29. The number of aliphatic carboxylic acids is 1. The Morgan fingerprint density at radius 2 is 1.73 bits per heavy atom. The fourth-order valence-electron chi connectivity index (χ4n) is 3.49. The van der Waals surface area contributed by atoms with Crippen molar-refractivity contribution in [1.29, 1.82) is 0 Å². The summed E-state index contributed by atoms with van der Waals surface area (Å²) < 4.78 is 0. The molecule has 0 aliphatic carbocycles. The third-order valence-corrected chi connectivity index (χ3v) is 5.63. The Bertz CT molecular complexity index is 812. The third kappa shape index (κ3) is 4.10. The molecule has 2 aromatic rings. The van der Waals surface area contributed by atoms with Gasteiger partial charge >= 0.3 is 5.97 Å². The van der Waals surface area contributed by atoms with Gasteiger partial charge in [-0.3, -0.25) is 0 Å². The molecule has 0 unspecified atom stereocenters. The maximum atomic E-state index is 10.7. The van der Waals surface area contributed by atoms with Crippen LogP contribution >= 0.6 is 11.6 Å². The molecule has 26 heavy (non-hydrogen) atoms. The predicted molar refractivity (Wildman–Crippen MR) is 108 cm³/mol. The molecule has 0 aromatic heterocycles. The average molecular weight is 373 g/mol. The molecule has 0 saturated carbocycles. The van der Waals surface area contributed by atoms with E-state index < -0.39 is 5.97 Å². The Labute approximate surface area is 160 Å². The largest absolute Gasteiger partial charge is 0.508 e. The van der Waals surface area contributed by atoms with Crippen molar-refractivity contribution in [1.82, 2.24) is 0 Å². The van der Waals surface area contributed by atoms with E-state index in [9.17, 15) is 9.90 Å². The minimum absolute atomic E-state index is 0.0588. The number of hydrogen-bond donors (Lipinski definition) is 2. The van der Waals surface area contributed by atoms with E-state index in [-0.39, 0.29) is 5.41 Å². The van der Waals surface area contributed by atoms with E-state index in [0.717, 1.165) is 47.6 Å². The van der Waals surface area contributed by atoms with Gasteiger partial charge in [0.15, 0.2) is 0 Å².